The predicted molar refractivity (Wildman–Crippen MR) is 255 cm³/mol. The number of rotatable bonds is 22. The van der Waals surface area contributed by atoms with Crippen LogP contribution in [0, 0.1) is 11.8 Å². The summed E-state index contributed by atoms with van der Waals surface area (Å²) < 4.78 is 76.7. The zero-order valence-corrected chi connectivity index (χ0v) is 41.0. The average molecular weight is 923 g/mol. The molecule has 8 atom stereocenters. The van der Waals surface area contributed by atoms with Gasteiger partial charge in [-0.3, -0.25) is 0 Å². The molecule has 0 radical (unpaired) electrons. The first-order valence-electron chi connectivity index (χ1n) is 21.4. The fourth-order valence-electron chi connectivity index (χ4n) is 7.25. The van der Waals surface area contributed by atoms with Crippen molar-refractivity contribution in [2.45, 2.75) is 120 Å². The van der Waals surface area contributed by atoms with Crippen molar-refractivity contribution in [2.75, 3.05) is 26.3 Å². The minimum atomic E-state index is -4.07. The van der Waals surface area contributed by atoms with Crippen molar-refractivity contribution in [1.82, 2.24) is 0 Å². The van der Waals surface area contributed by atoms with E-state index in [0.717, 1.165) is 16.7 Å². The van der Waals surface area contributed by atoms with Crippen molar-refractivity contribution in [3.63, 3.8) is 0 Å². The van der Waals surface area contributed by atoms with Gasteiger partial charge >= 0.3 is 0 Å². The SMILES string of the molecule is CSC(=S)OC(C(C[C@H]1CO[C@@H](CO[Si](C)(C)C(C)(C)C)[C@H](OCc2ccccc2)[C@@H]1OCc1ccccc1)S(=O)(=O)c1ccccc1)[C@@H](C)[C@@H](C)OCOCc1ccccc1. The van der Waals surface area contributed by atoms with E-state index in [1.54, 1.807) is 24.3 Å². The molecule has 1 heterocycles. The smallest absolute Gasteiger partial charge is 0.220 e. The van der Waals surface area contributed by atoms with Crippen LogP contribution in [0.15, 0.2) is 126 Å². The molecule has 5 rings (SSSR count). The molecular formula is C49H66O9S3Si. The van der Waals surface area contributed by atoms with E-state index in [9.17, 15) is 0 Å². The Morgan fingerprint density at radius 3 is 1.81 bits per heavy atom. The molecule has 1 saturated heterocycles. The summed E-state index contributed by atoms with van der Waals surface area (Å²) in [6.07, 6.45) is -1.10. The standard InChI is InChI=1S/C49H66O9S3Si/c1-36(37(2)56-35-52-30-38-21-13-9-14-22-38)45(58-48(59)60-6)44(61(50,51)42-27-19-12-20-28-42)29-41-33-53-43(34-57-62(7,8)49(3,4)5)47(55-32-40-25-17-11-18-26-40)46(41)54-31-39-23-15-10-16-24-39/h9-28,36-37,41,43-47H,29-35H2,1-8H3/t36-,37+,41-,43-,44?,45?,46+,47-/m0/s1. The number of hydrogen-bond donors (Lipinski definition) is 0. The normalized spacial score (nSPS) is 20.5. The highest BCUT2D eigenvalue weighted by Gasteiger charge is 2.49. The zero-order valence-electron chi connectivity index (χ0n) is 37.5. The maximum atomic E-state index is 15.2. The summed E-state index contributed by atoms with van der Waals surface area (Å²) in [4.78, 5) is 0.191. The highest BCUT2D eigenvalue weighted by molar-refractivity contribution is 8.22. The summed E-state index contributed by atoms with van der Waals surface area (Å²) in [7, 11) is -6.27. The summed E-state index contributed by atoms with van der Waals surface area (Å²) in [5.41, 5.74) is 3.01. The molecule has 0 spiro atoms. The molecule has 0 N–H and O–H groups in total. The van der Waals surface area contributed by atoms with Crippen molar-refractivity contribution >= 4 is 46.5 Å². The number of thiocarbonyl (C=S) groups is 1. The second-order valence-electron chi connectivity index (χ2n) is 17.6. The van der Waals surface area contributed by atoms with Crippen LogP contribution in [0.1, 0.15) is 57.7 Å². The van der Waals surface area contributed by atoms with Gasteiger partial charge in [-0.1, -0.05) is 149 Å². The first-order chi connectivity index (χ1) is 29.6. The van der Waals surface area contributed by atoms with E-state index < -0.39 is 65.8 Å². The van der Waals surface area contributed by atoms with Crippen LogP contribution in [0.4, 0.5) is 0 Å². The third-order valence-corrected chi connectivity index (χ3v) is 19.9. The van der Waals surface area contributed by atoms with Crippen LogP contribution in [0.3, 0.4) is 0 Å². The topological polar surface area (TPSA) is 98.8 Å². The summed E-state index contributed by atoms with van der Waals surface area (Å²) in [5, 5.41) is -1.11. The maximum Gasteiger partial charge on any atom is 0.220 e. The molecule has 338 valence electrons. The minimum Gasteiger partial charge on any atom is -0.473 e. The van der Waals surface area contributed by atoms with E-state index in [4.69, 9.17) is 45.1 Å². The van der Waals surface area contributed by atoms with E-state index in [1.807, 2.05) is 117 Å². The molecule has 4 aromatic rings. The fourth-order valence-corrected chi connectivity index (χ4v) is 10.6. The summed E-state index contributed by atoms with van der Waals surface area (Å²) in [5.74, 6) is -0.897. The van der Waals surface area contributed by atoms with Gasteiger partial charge in [0.25, 0.3) is 0 Å². The van der Waals surface area contributed by atoms with Crippen molar-refractivity contribution in [2.24, 2.45) is 11.8 Å². The summed E-state index contributed by atoms with van der Waals surface area (Å²) >= 11 is 6.94. The van der Waals surface area contributed by atoms with E-state index in [1.165, 1.54) is 11.8 Å². The van der Waals surface area contributed by atoms with E-state index >= 15 is 8.42 Å². The third kappa shape index (κ3) is 14.3. The maximum absolute atomic E-state index is 15.2. The van der Waals surface area contributed by atoms with Crippen LogP contribution in [-0.2, 0) is 62.5 Å². The van der Waals surface area contributed by atoms with Gasteiger partial charge in [0, 0.05) is 11.8 Å². The van der Waals surface area contributed by atoms with Gasteiger partial charge in [0.15, 0.2) is 18.2 Å². The van der Waals surface area contributed by atoms with Gasteiger partial charge in [-0.25, -0.2) is 8.42 Å². The Morgan fingerprint density at radius 2 is 1.29 bits per heavy atom. The Morgan fingerprint density at radius 1 is 0.790 bits per heavy atom. The van der Waals surface area contributed by atoms with Crippen LogP contribution in [-0.4, -0.2) is 83.2 Å². The van der Waals surface area contributed by atoms with Gasteiger partial charge in [-0.05, 0) is 78.8 Å². The van der Waals surface area contributed by atoms with Crippen molar-refractivity contribution in [3.8, 4) is 0 Å². The zero-order chi connectivity index (χ0) is 44.8. The molecule has 1 aliphatic heterocycles. The van der Waals surface area contributed by atoms with Gasteiger partial charge in [-0.2, -0.15) is 0 Å². The molecular weight excluding hydrogens is 857 g/mol. The quantitative estimate of drug-likeness (QED) is 0.0326. The molecule has 0 amide bonds. The Labute approximate surface area is 381 Å². The van der Waals surface area contributed by atoms with Gasteiger partial charge in [0.2, 0.25) is 4.38 Å². The second kappa shape index (κ2) is 23.8. The first-order valence-corrected chi connectivity index (χ1v) is 27.5. The molecule has 9 nitrogen and oxygen atoms in total. The van der Waals surface area contributed by atoms with E-state index in [-0.39, 0.29) is 34.1 Å². The van der Waals surface area contributed by atoms with Crippen LogP contribution >= 0.6 is 24.0 Å². The molecule has 4 aromatic carbocycles. The largest absolute Gasteiger partial charge is 0.473 e. The highest BCUT2D eigenvalue weighted by atomic mass is 32.2. The number of thioether (sulfide) groups is 1. The van der Waals surface area contributed by atoms with Gasteiger partial charge in [0.1, 0.15) is 30.4 Å². The monoisotopic (exact) mass is 922 g/mol. The predicted octanol–water partition coefficient (Wildman–Crippen LogP) is 10.7. The minimum absolute atomic E-state index is 0.0147. The molecule has 0 aromatic heterocycles. The molecule has 0 aliphatic carbocycles. The number of hydrogen-bond acceptors (Lipinski definition) is 11. The van der Waals surface area contributed by atoms with Crippen molar-refractivity contribution in [1.29, 1.82) is 0 Å². The highest BCUT2D eigenvalue weighted by Crippen LogP contribution is 2.40. The van der Waals surface area contributed by atoms with Gasteiger partial charge in [0.05, 0.1) is 50.1 Å². The van der Waals surface area contributed by atoms with E-state index in [2.05, 4.69) is 33.9 Å². The van der Waals surface area contributed by atoms with Crippen LogP contribution < -0.4 is 0 Å². The first kappa shape index (κ1) is 50.1. The lowest BCUT2D eigenvalue weighted by Crippen LogP contribution is -2.57. The lowest BCUT2D eigenvalue weighted by molar-refractivity contribution is -0.216. The lowest BCUT2D eigenvalue weighted by atomic mass is 9.85. The number of ether oxygens (including phenoxy) is 6. The Kier molecular flexibility index (Phi) is 19.2. The Balaban J connectivity index is 1.52. The van der Waals surface area contributed by atoms with Crippen molar-refractivity contribution in [3.05, 3.63) is 138 Å². The summed E-state index contributed by atoms with van der Waals surface area (Å²) in [6.45, 7) is 16.5. The Hall–Kier alpha value is -2.95. The average Bonchev–Trinajstić information content (AvgIpc) is 3.27. The van der Waals surface area contributed by atoms with E-state index in [0.29, 0.717) is 26.4 Å². The van der Waals surface area contributed by atoms with Crippen molar-refractivity contribution < 1.29 is 41.3 Å². The number of benzene rings is 4. The van der Waals surface area contributed by atoms with Crippen LogP contribution in [0.25, 0.3) is 0 Å². The van der Waals surface area contributed by atoms with Crippen LogP contribution in [0.2, 0.25) is 18.1 Å². The van der Waals surface area contributed by atoms with Gasteiger partial charge in [-0.15, -0.1) is 0 Å². The molecule has 2 unspecified atom stereocenters. The van der Waals surface area contributed by atoms with Crippen LogP contribution in [0.5, 0.6) is 0 Å². The molecule has 13 heteroatoms. The summed E-state index contributed by atoms with van der Waals surface area (Å²) in [6, 6.07) is 38.4. The molecule has 1 aliphatic rings. The number of sulfone groups is 1. The molecule has 62 heavy (non-hydrogen) atoms. The molecule has 0 bridgehead atoms. The third-order valence-electron chi connectivity index (χ3n) is 12.2. The van der Waals surface area contributed by atoms with Gasteiger partial charge < -0.3 is 32.8 Å². The molecule has 1 fully saturated rings. The second-order valence-corrected chi connectivity index (χ2v) is 26.0. The lowest BCUT2D eigenvalue weighted by Gasteiger charge is -2.45. The fraction of sp³-hybridized carbons (Fsp3) is 0.490. The molecule has 0 saturated carbocycles. The Bertz CT molecular complexity index is 2020.